The smallest absolute Gasteiger partial charge is 0.550 e. The van der Waals surface area contributed by atoms with E-state index < -0.39 is 22.2 Å². The predicted molar refractivity (Wildman–Crippen MR) is 69.0 cm³/mol. The van der Waals surface area contributed by atoms with Crippen LogP contribution in [0.25, 0.3) is 0 Å². The van der Waals surface area contributed by atoms with Crippen molar-refractivity contribution in [1.82, 2.24) is 24.6 Å². The molecule has 0 aliphatic carbocycles. The van der Waals surface area contributed by atoms with Gasteiger partial charge in [-0.3, -0.25) is 0 Å². The van der Waals surface area contributed by atoms with Crippen LogP contribution in [-0.2, 0) is 26.4 Å². The number of aliphatic carboxylic acids is 2. The largest absolute Gasteiger partial charge is 3.00 e. The fourth-order valence-electron chi connectivity index (χ4n) is 0.667. The van der Waals surface area contributed by atoms with E-state index in [-0.39, 0.29) is 66.1 Å². The van der Waals surface area contributed by atoms with Gasteiger partial charge in [-0.1, -0.05) is 27.7 Å². The molecular weight excluding hydrogens is 399 g/mol. The molecule has 0 amide bonds. The third kappa shape index (κ3) is 162. The van der Waals surface area contributed by atoms with E-state index in [1.165, 1.54) is 0 Å². The van der Waals surface area contributed by atoms with Gasteiger partial charge in [0.25, 0.3) is 0 Å². The number of carbonyl (C=O) groups is 2. The minimum Gasteiger partial charge on any atom is -0.550 e. The van der Waals surface area contributed by atoms with Crippen LogP contribution in [0.15, 0.2) is 0 Å². The van der Waals surface area contributed by atoms with Crippen LogP contribution < -0.4 is 53.5 Å². The van der Waals surface area contributed by atoms with Gasteiger partial charge < -0.3 is 44.4 Å². The van der Waals surface area contributed by atoms with Crippen LogP contribution in [-0.4, -0.2) is 11.9 Å². The van der Waals surface area contributed by atoms with Crippen molar-refractivity contribution in [2.45, 2.75) is 40.5 Å². The third-order valence-corrected chi connectivity index (χ3v) is 1.15. The first-order chi connectivity index (χ1) is 8.25. The average molecular weight is 429 g/mol. The van der Waals surface area contributed by atoms with Crippen LogP contribution in [0.1, 0.15) is 40.5 Å². The van der Waals surface area contributed by atoms with Gasteiger partial charge in [0.2, 0.25) is 0 Å². The van der Waals surface area contributed by atoms with Gasteiger partial charge in [-0.15, -0.1) is 10.2 Å². The van der Waals surface area contributed by atoms with Crippen molar-refractivity contribution in [3.05, 3.63) is 0 Å². The van der Waals surface area contributed by atoms with Crippen molar-refractivity contribution in [1.29, 1.82) is 0 Å². The van der Waals surface area contributed by atoms with Gasteiger partial charge in [0.15, 0.2) is 0 Å². The number of rotatable bonds is 4. The Morgan fingerprint density at radius 3 is 0.833 bits per heavy atom. The standard InChI is InChI=1S/2C5H10O2.ClHO4.Co.4H3N/c2*1-4(2)3-5(6)7;2-1(3,4)5;;;;;/h2*4H,3H2,1-2H3,(H,6,7);(H,2,3,4,5);;4*1H3/q;;;+3;;;;/p-3. The fourth-order valence-corrected chi connectivity index (χ4v) is 0.667. The molecule has 0 atom stereocenters. The number of carboxylic acid groups (broad SMARTS) is 2. The quantitative estimate of drug-likeness (QED) is 0.328. The van der Waals surface area contributed by atoms with Crippen LogP contribution >= 0.6 is 0 Å². The summed E-state index contributed by atoms with van der Waals surface area (Å²) >= 11 is 0. The molecule has 24 heavy (non-hydrogen) atoms. The summed E-state index contributed by atoms with van der Waals surface area (Å²) in [5, 5.41) is 19.4. The van der Waals surface area contributed by atoms with E-state index in [0.717, 1.165) is 0 Å². The van der Waals surface area contributed by atoms with Gasteiger partial charge in [-0.2, -0.15) is 0 Å². The Bertz CT molecular complexity index is 242. The zero-order valence-electron chi connectivity index (χ0n) is 14.4. The van der Waals surface area contributed by atoms with Crippen molar-refractivity contribution in [2.24, 2.45) is 11.8 Å². The van der Waals surface area contributed by atoms with E-state index in [1.807, 2.05) is 27.7 Å². The molecule has 14 heteroatoms. The Morgan fingerprint density at radius 2 is 0.833 bits per heavy atom. The molecular formula is C10H30ClCoN4O8. The van der Waals surface area contributed by atoms with Crippen molar-refractivity contribution >= 4 is 11.9 Å². The molecule has 0 radical (unpaired) electrons. The number of hydrogen-bond donors (Lipinski definition) is 4. The van der Waals surface area contributed by atoms with E-state index in [2.05, 4.69) is 0 Å². The minimum absolute atomic E-state index is 0. The monoisotopic (exact) mass is 428 g/mol. The molecule has 0 saturated carbocycles. The SMILES string of the molecule is CC(C)CC(=O)[O-].CC(C)CC(=O)[O-].N.N.N.N.[Co+3].[O-][Cl+3]([O-])([O-])[O-]. The number of carboxylic acids is 2. The summed E-state index contributed by atoms with van der Waals surface area (Å²) in [5.74, 6) is -1.50. The average Bonchev–Trinajstić information content (AvgIpc) is 1.93. The molecule has 12 N–H and O–H groups in total. The number of carbonyl (C=O) groups excluding carboxylic acids is 2. The van der Waals surface area contributed by atoms with E-state index in [1.54, 1.807) is 0 Å². The summed E-state index contributed by atoms with van der Waals surface area (Å²) in [5.41, 5.74) is 0. The van der Waals surface area contributed by atoms with Gasteiger partial charge in [0, 0.05) is 11.9 Å². The summed E-state index contributed by atoms with van der Waals surface area (Å²) in [7, 11) is -4.94. The maximum atomic E-state index is 9.70. The molecule has 0 aromatic carbocycles. The van der Waals surface area contributed by atoms with E-state index >= 15 is 0 Å². The van der Waals surface area contributed by atoms with Gasteiger partial charge in [-0.05, 0) is 24.7 Å². The Labute approximate surface area is 154 Å². The van der Waals surface area contributed by atoms with Crippen LogP contribution in [0.5, 0.6) is 0 Å². The first-order valence-corrected chi connectivity index (χ1v) is 6.50. The molecule has 0 rings (SSSR count). The first kappa shape index (κ1) is 49.5. The molecule has 0 fully saturated rings. The van der Waals surface area contributed by atoms with Crippen molar-refractivity contribution < 1.29 is 65.5 Å². The van der Waals surface area contributed by atoms with Crippen LogP contribution in [0.3, 0.4) is 0 Å². The number of halogens is 1. The van der Waals surface area contributed by atoms with Crippen molar-refractivity contribution in [3.8, 4) is 0 Å². The molecule has 0 aliphatic heterocycles. The first-order valence-electron chi connectivity index (χ1n) is 5.27. The van der Waals surface area contributed by atoms with E-state index in [9.17, 15) is 19.8 Å². The Kier molecular flexibility index (Phi) is 56.3. The Balaban J connectivity index is -0.0000000244. The summed E-state index contributed by atoms with van der Waals surface area (Å²) < 4.78 is 34.0. The van der Waals surface area contributed by atoms with Gasteiger partial charge in [0.1, 0.15) is 0 Å². The molecule has 0 aromatic heterocycles. The molecule has 0 aromatic rings. The topological polar surface area (TPSA) is 312 Å². The molecule has 12 nitrogen and oxygen atoms in total. The van der Waals surface area contributed by atoms with Crippen molar-refractivity contribution in [3.63, 3.8) is 0 Å². The normalized spacial score (nSPS) is 8.08. The Morgan fingerprint density at radius 1 is 0.708 bits per heavy atom. The zero-order valence-corrected chi connectivity index (χ0v) is 16.2. The van der Waals surface area contributed by atoms with E-state index in [0.29, 0.717) is 0 Å². The summed E-state index contributed by atoms with van der Waals surface area (Å²) in [6.45, 7) is 7.37. The molecule has 0 saturated heterocycles. The predicted octanol–water partition coefficient (Wildman–Crippen LogP) is -4.55. The molecule has 0 aliphatic rings. The molecule has 0 unspecified atom stereocenters. The minimum atomic E-state index is -4.94. The van der Waals surface area contributed by atoms with Crippen LogP contribution in [0.4, 0.5) is 0 Å². The van der Waals surface area contributed by atoms with Gasteiger partial charge >= 0.3 is 16.8 Å². The second kappa shape index (κ2) is 27.3. The van der Waals surface area contributed by atoms with Crippen molar-refractivity contribution in [2.75, 3.05) is 0 Å². The number of hydrogen-bond acceptors (Lipinski definition) is 12. The second-order valence-corrected chi connectivity index (χ2v) is 5.07. The van der Waals surface area contributed by atoms with Crippen LogP contribution in [0.2, 0.25) is 0 Å². The molecule has 154 valence electrons. The maximum absolute atomic E-state index is 9.70. The zero-order chi connectivity index (χ0) is 16.2. The van der Waals surface area contributed by atoms with Crippen LogP contribution in [0, 0.1) is 22.1 Å². The van der Waals surface area contributed by atoms with E-state index in [4.69, 9.17) is 18.6 Å². The van der Waals surface area contributed by atoms with Gasteiger partial charge in [-0.25, -0.2) is 18.6 Å². The maximum Gasteiger partial charge on any atom is 3.00 e. The summed E-state index contributed by atoms with van der Waals surface area (Å²) in [6, 6.07) is 0. The summed E-state index contributed by atoms with van der Waals surface area (Å²) in [4.78, 5) is 19.4. The summed E-state index contributed by atoms with van der Waals surface area (Å²) in [6.07, 6.45) is 0.333. The second-order valence-electron chi connectivity index (χ2n) is 4.32. The fraction of sp³-hybridized carbons (Fsp3) is 0.800. The van der Waals surface area contributed by atoms with Gasteiger partial charge in [0.05, 0.1) is 0 Å². The molecule has 0 heterocycles. The molecule has 0 bridgehead atoms. The third-order valence-electron chi connectivity index (χ3n) is 1.15. The Hall–Kier alpha value is -0.584. The molecule has 0 spiro atoms.